The van der Waals surface area contributed by atoms with E-state index in [0.717, 1.165) is 11.4 Å². The number of fused-ring (bicyclic) bond motifs is 1. The highest BCUT2D eigenvalue weighted by atomic mass is 15.1. The molecule has 5 heteroatoms. The van der Waals surface area contributed by atoms with Crippen molar-refractivity contribution in [3.63, 3.8) is 0 Å². The quantitative estimate of drug-likeness (QED) is 0.668. The predicted molar refractivity (Wildman–Crippen MR) is 52.6 cm³/mol. The summed E-state index contributed by atoms with van der Waals surface area (Å²) in [5, 5.41) is 2.94. The van der Waals surface area contributed by atoms with Gasteiger partial charge in [-0.05, 0) is 0 Å². The van der Waals surface area contributed by atoms with E-state index in [0.29, 0.717) is 11.8 Å². The zero-order valence-corrected chi connectivity index (χ0v) is 7.57. The van der Waals surface area contributed by atoms with Gasteiger partial charge in [0.25, 0.3) is 0 Å². The molecule has 0 amide bonds. The van der Waals surface area contributed by atoms with Gasteiger partial charge in [-0.3, -0.25) is 4.99 Å². The number of aliphatic imine (C=N–C) groups is 1. The summed E-state index contributed by atoms with van der Waals surface area (Å²) >= 11 is 0. The molecule has 0 fully saturated rings. The van der Waals surface area contributed by atoms with Crippen LogP contribution >= 0.6 is 0 Å². The molecule has 0 saturated heterocycles. The summed E-state index contributed by atoms with van der Waals surface area (Å²) in [4.78, 5) is 12.4. The molecule has 0 aromatic carbocycles. The van der Waals surface area contributed by atoms with Crippen LogP contribution in [-0.4, -0.2) is 23.2 Å². The zero-order chi connectivity index (χ0) is 9.42. The van der Waals surface area contributed by atoms with E-state index < -0.39 is 0 Å². The molecule has 1 aliphatic rings. The van der Waals surface area contributed by atoms with Crippen molar-refractivity contribution >= 4 is 23.7 Å². The van der Waals surface area contributed by atoms with Gasteiger partial charge in [-0.2, -0.15) is 4.98 Å². The summed E-state index contributed by atoms with van der Waals surface area (Å²) in [6.45, 7) is 2.03. The molecule has 1 aromatic rings. The molecule has 1 unspecified atom stereocenters. The van der Waals surface area contributed by atoms with Gasteiger partial charge in [-0.1, -0.05) is 6.92 Å². The third-order valence-corrected chi connectivity index (χ3v) is 2.02. The molecule has 0 spiro atoms. The van der Waals surface area contributed by atoms with Gasteiger partial charge >= 0.3 is 0 Å². The van der Waals surface area contributed by atoms with E-state index >= 15 is 0 Å². The van der Waals surface area contributed by atoms with E-state index in [1.165, 1.54) is 0 Å². The second-order valence-corrected chi connectivity index (χ2v) is 2.98. The molecule has 0 aliphatic carbocycles. The van der Waals surface area contributed by atoms with Gasteiger partial charge in [0.2, 0.25) is 5.95 Å². The van der Waals surface area contributed by atoms with Gasteiger partial charge < -0.3 is 11.1 Å². The predicted octanol–water partition coefficient (Wildman–Crippen LogP) is 0.920. The summed E-state index contributed by atoms with van der Waals surface area (Å²) < 4.78 is 0. The summed E-state index contributed by atoms with van der Waals surface area (Å²) in [5.74, 6) is 1.22. The average molecular weight is 177 g/mol. The molecular formula is C8H11N5. The van der Waals surface area contributed by atoms with Gasteiger partial charge in [0.05, 0.1) is 5.69 Å². The highest BCUT2D eigenvalue weighted by Gasteiger charge is 2.20. The SMILES string of the molecule is CNc1nc(N)nc2c1N=CC2C. The highest BCUT2D eigenvalue weighted by molar-refractivity contribution is 5.84. The Hall–Kier alpha value is -1.65. The Balaban J connectivity index is 2.61. The van der Waals surface area contributed by atoms with E-state index in [2.05, 4.69) is 20.3 Å². The fraction of sp³-hybridized carbons (Fsp3) is 0.375. The molecule has 2 heterocycles. The molecule has 3 N–H and O–H groups in total. The van der Waals surface area contributed by atoms with E-state index in [-0.39, 0.29) is 5.92 Å². The fourth-order valence-electron chi connectivity index (χ4n) is 1.37. The lowest BCUT2D eigenvalue weighted by Gasteiger charge is -2.06. The molecule has 1 atom stereocenters. The minimum absolute atomic E-state index is 0.229. The van der Waals surface area contributed by atoms with Crippen molar-refractivity contribution in [1.82, 2.24) is 9.97 Å². The zero-order valence-electron chi connectivity index (χ0n) is 7.57. The van der Waals surface area contributed by atoms with Gasteiger partial charge in [0.1, 0.15) is 5.69 Å². The summed E-state index contributed by atoms with van der Waals surface area (Å²) in [7, 11) is 1.79. The van der Waals surface area contributed by atoms with Crippen molar-refractivity contribution < 1.29 is 0 Å². The molecule has 1 aliphatic heterocycles. The maximum absolute atomic E-state index is 5.55. The molecule has 1 aromatic heterocycles. The van der Waals surface area contributed by atoms with Crippen LogP contribution in [0.1, 0.15) is 18.5 Å². The van der Waals surface area contributed by atoms with Crippen molar-refractivity contribution in [2.75, 3.05) is 18.1 Å². The van der Waals surface area contributed by atoms with Crippen LogP contribution in [0.2, 0.25) is 0 Å². The Bertz CT molecular complexity index is 371. The maximum atomic E-state index is 5.55. The van der Waals surface area contributed by atoms with Crippen LogP contribution in [0, 0.1) is 0 Å². The Morgan fingerprint density at radius 3 is 2.92 bits per heavy atom. The number of aromatic nitrogens is 2. The molecule has 5 nitrogen and oxygen atoms in total. The first-order chi connectivity index (χ1) is 6.22. The van der Waals surface area contributed by atoms with Crippen molar-refractivity contribution in [3.05, 3.63) is 5.69 Å². The Labute approximate surface area is 76.1 Å². The van der Waals surface area contributed by atoms with E-state index in [1.807, 2.05) is 13.1 Å². The Morgan fingerprint density at radius 1 is 1.46 bits per heavy atom. The standard InChI is InChI=1S/C8H11N5/c1-4-3-11-6-5(4)12-8(9)13-7(6)10-2/h3-4H,1-2H3,(H3,9,10,12,13). The van der Waals surface area contributed by atoms with E-state index in [9.17, 15) is 0 Å². The number of hydrogen-bond donors (Lipinski definition) is 2. The van der Waals surface area contributed by atoms with E-state index in [1.54, 1.807) is 7.05 Å². The van der Waals surface area contributed by atoms with Crippen LogP contribution in [0.3, 0.4) is 0 Å². The summed E-state index contributed by atoms with van der Waals surface area (Å²) in [5.41, 5.74) is 7.26. The van der Waals surface area contributed by atoms with Crippen LogP contribution in [0.4, 0.5) is 17.5 Å². The first kappa shape index (κ1) is 7.97. The van der Waals surface area contributed by atoms with Crippen LogP contribution < -0.4 is 11.1 Å². The Kier molecular flexibility index (Phi) is 1.65. The lowest BCUT2D eigenvalue weighted by molar-refractivity contribution is 0.980. The van der Waals surface area contributed by atoms with Crippen molar-refractivity contribution in [2.24, 2.45) is 4.99 Å². The average Bonchev–Trinajstić information content (AvgIpc) is 2.47. The van der Waals surface area contributed by atoms with Crippen LogP contribution in [0.25, 0.3) is 0 Å². The van der Waals surface area contributed by atoms with Gasteiger partial charge in [-0.15, -0.1) is 0 Å². The fourth-order valence-corrected chi connectivity index (χ4v) is 1.37. The highest BCUT2D eigenvalue weighted by Crippen LogP contribution is 2.35. The molecule has 0 bridgehead atoms. The molecule has 13 heavy (non-hydrogen) atoms. The lowest BCUT2D eigenvalue weighted by Crippen LogP contribution is -2.03. The lowest BCUT2D eigenvalue weighted by atomic mass is 10.1. The maximum Gasteiger partial charge on any atom is 0.222 e. The van der Waals surface area contributed by atoms with Gasteiger partial charge in [0.15, 0.2) is 5.82 Å². The molecule has 2 rings (SSSR count). The molecule has 0 saturated carbocycles. The number of nitrogens with zero attached hydrogens (tertiary/aromatic N) is 3. The second-order valence-electron chi connectivity index (χ2n) is 2.98. The number of nitrogens with one attached hydrogen (secondary N) is 1. The monoisotopic (exact) mass is 177 g/mol. The third-order valence-electron chi connectivity index (χ3n) is 2.02. The van der Waals surface area contributed by atoms with Crippen molar-refractivity contribution in [2.45, 2.75) is 12.8 Å². The van der Waals surface area contributed by atoms with Gasteiger partial charge in [0, 0.05) is 19.2 Å². The largest absolute Gasteiger partial charge is 0.371 e. The molecule has 68 valence electrons. The number of hydrogen-bond acceptors (Lipinski definition) is 5. The van der Waals surface area contributed by atoms with Crippen LogP contribution in [0.15, 0.2) is 4.99 Å². The summed E-state index contributed by atoms with van der Waals surface area (Å²) in [6.07, 6.45) is 1.85. The van der Waals surface area contributed by atoms with Crippen LogP contribution in [-0.2, 0) is 0 Å². The smallest absolute Gasteiger partial charge is 0.222 e. The Morgan fingerprint density at radius 2 is 2.23 bits per heavy atom. The second kappa shape index (κ2) is 2.69. The molecular weight excluding hydrogens is 166 g/mol. The van der Waals surface area contributed by atoms with Gasteiger partial charge in [-0.25, -0.2) is 4.98 Å². The number of nitrogens with two attached hydrogens (primary N) is 1. The van der Waals surface area contributed by atoms with Crippen molar-refractivity contribution in [1.29, 1.82) is 0 Å². The number of nitrogen functional groups attached to an aromatic ring is 1. The topological polar surface area (TPSA) is 76.2 Å². The molecule has 0 radical (unpaired) electrons. The normalized spacial score (nSPS) is 18.8. The third kappa shape index (κ3) is 1.12. The first-order valence-electron chi connectivity index (χ1n) is 4.11. The minimum Gasteiger partial charge on any atom is -0.371 e. The summed E-state index contributed by atoms with van der Waals surface area (Å²) in [6, 6.07) is 0. The van der Waals surface area contributed by atoms with E-state index in [4.69, 9.17) is 5.73 Å². The number of anilines is 2. The first-order valence-corrected chi connectivity index (χ1v) is 4.11. The minimum atomic E-state index is 0.229. The van der Waals surface area contributed by atoms with Crippen LogP contribution in [0.5, 0.6) is 0 Å². The van der Waals surface area contributed by atoms with Crippen molar-refractivity contribution in [3.8, 4) is 0 Å². The number of rotatable bonds is 1.